The van der Waals surface area contributed by atoms with Gasteiger partial charge in [-0.2, -0.15) is 5.90 Å². The summed E-state index contributed by atoms with van der Waals surface area (Å²) in [6.07, 6.45) is 0. The fourth-order valence-electron chi connectivity index (χ4n) is 0.419. The standard InChI is InChI=1S/C6H12NO5S/c1-5(2)6(8)11-3-4-13(9,10)12-7/h1,3-4H2,2,7H3/q+2. The Labute approximate surface area is 77.1 Å². The van der Waals surface area contributed by atoms with Crippen LogP contribution >= 0.6 is 0 Å². The number of hydrogen-bond acceptors (Lipinski definition) is 4. The average Bonchev–Trinajstić information content (AvgIpc) is 2.04. The largest absolute Gasteiger partial charge is 0.457 e. The molecule has 7 heteroatoms. The quantitative estimate of drug-likeness (QED) is 0.273. The Morgan fingerprint density at radius 2 is 2.15 bits per heavy atom. The van der Waals surface area contributed by atoms with Crippen molar-refractivity contribution < 1.29 is 28.5 Å². The summed E-state index contributed by atoms with van der Waals surface area (Å²) in [5.74, 6) is 1.71. The maximum Gasteiger partial charge on any atom is 0.452 e. The molecule has 1 atom stereocenters. The molecule has 0 aromatic carbocycles. The lowest BCUT2D eigenvalue weighted by Gasteiger charge is -2.00. The maximum absolute atomic E-state index is 10.7. The van der Waals surface area contributed by atoms with Crippen LogP contribution < -0.4 is 5.90 Å². The molecule has 0 bridgehead atoms. The Morgan fingerprint density at radius 1 is 1.62 bits per heavy atom. The number of quaternary nitrogens is 1. The van der Waals surface area contributed by atoms with Gasteiger partial charge < -0.3 is 4.74 Å². The van der Waals surface area contributed by atoms with Crippen LogP contribution in [-0.2, 0) is 33.1 Å². The van der Waals surface area contributed by atoms with Crippen molar-refractivity contribution in [1.82, 2.24) is 0 Å². The van der Waals surface area contributed by atoms with E-state index in [4.69, 9.17) is 0 Å². The number of ether oxygens (including phenoxy) is 1. The van der Waals surface area contributed by atoms with Crippen molar-refractivity contribution in [3.8, 4) is 0 Å². The molecule has 0 heterocycles. The molecule has 0 rings (SSSR count). The van der Waals surface area contributed by atoms with Gasteiger partial charge in [0.2, 0.25) is 5.75 Å². The zero-order valence-electron chi connectivity index (χ0n) is 7.28. The molecular weight excluding hydrogens is 198 g/mol. The lowest BCUT2D eigenvalue weighted by Crippen LogP contribution is -2.53. The van der Waals surface area contributed by atoms with E-state index in [9.17, 15) is 13.6 Å². The second-order valence-corrected chi connectivity index (χ2v) is 4.06. The van der Waals surface area contributed by atoms with Crippen LogP contribution in [-0.4, -0.2) is 18.3 Å². The van der Waals surface area contributed by atoms with Crippen LogP contribution in [0.25, 0.3) is 0 Å². The average molecular weight is 210 g/mol. The molecule has 0 aliphatic carbocycles. The highest BCUT2D eigenvalue weighted by Gasteiger charge is 2.32. The molecule has 3 N–H and O–H groups in total. The van der Waals surface area contributed by atoms with E-state index >= 15 is 0 Å². The molecular formula is C6H12NO5S+2. The first-order chi connectivity index (χ1) is 5.89. The minimum Gasteiger partial charge on any atom is -0.457 e. The summed E-state index contributed by atoms with van der Waals surface area (Å²) in [7, 11) is -3.66. The van der Waals surface area contributed by atoms with Crippen molar-refractivity contribution in [2.24, 2.45) is 0 Å². The summed E-state index contributed by atoms with van der Waals surface area (Å²) in [4.78, 5) is 10.7. The van der Waals surface area contributed by atoms with Crippen molar-refractivity contribution in [2.75, 3.05) is 12.4 Å². The Kier molecular flexibility index (Phi) is 4.78. The highest BCUT2D eigenvalue weighted by molar-refractivity contribution is 7.92. The second-order valence-electron chi connectivity index (χ2n) is 2.30. The van der Waals surface area contributed by atoms with E-state index in [2.05, 4.69) is 21.5 Å². The molecule has 0 aromatic heterocycles. The summed E-state index contributed by atoms with van der Waals surface area (Å²) < 4.78 is 29.7. The van der Waals surface area contributed by atoms with Gasteiger partial charge in [-0.05, 0) is 11.1 Å². The van der Waals surface area contributed by atoms with Gasteiger partial charge in [0.25, 0.3) is 0 Å². The van der Waals surface area contributed by atoms with Gasteiger partial charge in [0.05, 0.1) is 4.55 Å². The van der Waals surface area contributed by atoms with E-state index in [1.54, 1.807) is 0 Å². The molecule has 1 unspecified atom stereocenters. The number of esters is 1. The molecule has 0 aromatic rings. The fraction of sp³-hybridized carbons (Fsp3) is 0.500. The van der Waals surface area contributed by atoms with Crippen LogP contribution in [0.5, 0.6) is 0 Å². The van der Waals surface area contributed by atoms with Crippen LogP contribution in [0.3, 0.4) is 0 Å². The Hall–Kier alpha value is -0.760. The predicted octanol–water partition coefficient (Wildman–Crippen LogP) is -0.961. The molecule has 1 radical (unpaired) electrons. The van der Waals surface area contributed by atoms with E-state index in [0.29, 0.717) is 0 Å². The van der Waals surface area contributed by atoms with Crippen LogP contribution in [0.15, 0.2) is 12.2 Å². The molecule has 0 spiro atoms. The lowest BCUT2D eigenvalue weighted by molar-refractivity contribution is -0.637. The third-order valence-electron chi connectivity index (χ3n) is 1.09. The highest BCUT2D eigenvalue weighted by atomic mass is 32.3. The predicted molar refractivity (Wildman–Crippen MR) is 43.4 cm³/mol. The third kappa shape index (κ3) is 5.47. The highest BCUT2D eigenvalue weighted by Crippen LogP contribution is 1.99. The van der Waals surface area contributed by atoms with Crippen molar-refractivity contribution in [3.63, 3.8) is 0 Å². The topological polar surface area (TPSA) is 100 Å². The molecule has 0 saturated carbocycles. The molecule has 6 nitrogen and oxygen atoms in total. The molecule has 0 saturated heterocycles. The van der Waals surface area contributed by atoms with Crippen molar-refractivity contribution in [3.05, 3.63) is 12.2 Å². The van der Waals surface area contributed by atoms with E-state index in [1.165, 1.54) is 6.92 Å². The van der Waals surface area contributed by atoms with Crippen molar-refractivity contribution >= 4 is 16.5 Å². The SMILES string of the molecule is C=C(C)C(=O)OCC[S+]([O])(=O)O[NH3+]. The van der Waals surface area contributed by atoms with Gasteiger partial charge in [-0.1, -0.05) is 6.58 Å². The lowest BCUT2D eigenvalue weighted by atomic mass is 10.4. The van der Waals surface area contributed by atoms with E-state index in [-0.39, 0.29) is 12.2 Å². The summed E-state index contributed by atoms with van der Waals surface area (Å²) >= 11 is 0. The van der Waals surface area contributed by atoms with Crippen LogP contribution in [0, 0.1) is 0 Å². The zero-order valence-corrected chi connectivity index (χ0v) is 8.09. The Morgan fingerprint density at radius 3 is 2.54 bits per heavy atom. The first-order valence-corrected chi connectivity index (χ1v) is 4.96. The van der Waals surface area contributed by atoms with Gasteiger partial charge in [-0.3, -0.25) is 0 Å². The summed E-state index contributed by atoms with van der Waals surface area (Å²) in [6, 6.07) is 0. The van der Waals surface area contributed by atoms with E-state index in [0.717, 1.165) is 0 Å². The molecule has 0 fully saturated rings. The number of hydrogen-bond donors (Lipinski definition) is 1. The summed E-state index contributed by atoms with van der Waals surface area (Å²) in [6.45, 7) is 4.53. The zero-order chi connectivity index (χ0) is 10.5. The number of rotatable bonds is 5. The van der Waals surface area contributed by atoms with E-state index < -0.39 is 22.2 Å². The first-order valence-electron chi connectivity index (χ1n) is 3.38. The number of carbonyl (C=O) groups is 1. The molecule has 0 aliphatic heterocycles. The number of carbonyl (C=O) groups excluding carboxylic acids is 1. The minimum atomic E-state index is -3.66. The summed E-state index contributed by atoms with van der Waals surface area (Å²) in [5.41, 5.74) is 0.216. The van der Waals surface area contributed by atoms with Gasteiger partial charge in [0, 0.05) is 9.86 Å². The van der Waals surface area contributed by atoms with E-state index in [1.807, 2.05) is 0 Å². The van der Waals surface area contributed by atoms with Gasteiger partial charge in [0.15, 0.2) is 0 Å². The van der Waals surface area contributed by atoms with Crippen molar-refractivity contribution in [1.29, 1.82) is 0 Å². The molecule has 0 aliphatic rings. The van der Waals surface area contributed by atoms with Crippen LogP contribution in [0.1, 0.15) is 6.92 Å². The van der Waals surface area contributed by atoms with Crippen LogP contribution in [0.4, 0.5) is 0 Å². The monoisotopic (exact) mass is 210 g/mol. The van der Waals surface area contributed by atoms with Gasteiger partial charge in [-0.15, -0.1) is 0 Å². The maximum atomic E-state index is 10.7. The summed E-state index contributed by atoms with van der Waals surface area (Å²) in [5, 5.41) is 0. The Balaban J connectivity index is 3.75. The van der Waals surface area contributed by atoms with Crippen LogP contribution in [0.2, 0.25) is 0 Å². The molecule has 13 heavy (non-hydrogen) atoms. The van der Waals surface area contributed by atoms with Gasteiger partial charge in [0.1, 0.15) is 6.61 Å². The third-order valence-corrected chi connectivity index (χ3v) is 2.12. The molecule has 0 amide bonds. The Bertz CT molecular complexity index is 251. The normalized spacial score (nSPS) is 14.7. The second kappa shape index (κ2) is 5.07. The smallest absolute Gasteiger partial charge is 0.452 e. The van der Waals surface area contributed by atoms with Gasteiger partial charge in [-0.25, -0.2) is 4.79 Å². The first kappa shape index (κ1) is 12.2. The fourth-order valence-corrected chi connectivity index (χ4v) is 0.824. The molecule has 75 valence electrons. The van der Waals surface area contributed by atoms with Crippen molar-refractivity contribution in [2.45, 2.75) is 6.92 Å². The van der Waals surface area contributed by atoms with Gasteiger partial charge >= 0.3 is 16.5 Å². The minimum absolute atomic E-state index is 0.216.